The minimum absolute atomic E-state index is 0. The van der Waals surface area contributed by atoms with Crippen LogP contribution in [0, 0.1) is 0 Å². The van der Waals surface area contributed by atoms with Gasteiger partial charge in [0.15, 0.2) is 0 Å². The highest BCUT2D eigenvalue weighted by molar-refractivity contribution is 5.85. The molecule has 2 rings (SSSR count). The van der Waals surface area contributed by atoms with Crippen molar-refractivity contribution in [2.45, 2.75) is 25.4 Å². The summed E-state index contributed by atoms with van der Waals surface area (Å²) >= 11 is 0. The number of aromatic nitrogens is 1. The van der Waals surface area contributed by atoms with Crippen molar-refractivity contribution in [3.63, 3.8) is 0 Å². The van der Waals surface area contributed by atoms with Gasteiger partial charge >= 0.3 is 0 Å². The Morgan fingerprint density at radius 2 is 2.44 bits per heavy atom. The third-order valence-electron chi connectivity index (χ3n) is 3.04. The Balaban J connectivity index is 0.00000128. The first kappa shape index (κ1) is 13.4. The number of hydrogen-bond donors (Lipinski definition) is 1. The molecular weight excluding hydrogens is 222 g/mol. The maximum absolute atomic E-state index is 4.15. The second kappa shape index (κ2) is 6.84. The quantitative estimate of drug-likeness (QED) is 0.873. The van der Waals surface area contributed by atoms with E-state index in [4.69, 9.17) is 0 Å². The van der Waals surface area contributed by atoms with Crippen LogP contribution in [0.5, 0.6) is 0 Å². The fraction of sp³-hybridized carbons (Fsp3) is 0.583. The lowest BCUT2D eigenvalue weighted by molar-refractivity contribution is 0.188. The molecular formula is C12H20ClN3. The van der Waals surface area contributed by atoms with Gasteiger partial charge in [-0.2, -0.15) is 0 Å². The summed E-state index contributed by atoms with van der Waals surface area (Å²) in [6.45, 7) is 3.41. The van der Waals surface area contributed by atoms with Gasteiger partial charge in [0.05, 0.1) is 0 Å². The average molecular weight is 242 g/mol. The highest BCUT2D eigenvalue weighted by Crippen LogP contribution is 2.12. The van der Waals surface area contributed by atoms with Crippen LogP contribution in [0.15, 0.2) is 24.5 Å². The molecule has 1 atom stereocenters. The van der Waals surface area contributed by atoms with Crippen LogP contribution in [0.4, 0.5) is 0 Å². The van der Waals surface area contributed by atoms with E-state index in [2.05, 4.69) is 28.3 Å². The van der Waals surface area contributed by atoms with Gasteiger partial charge in [0.2, 0.25) is 0 Å². The fourth-order valence-corrected chi connectivity index (χ4v) is 2.18. The molecule has 16 heavy (non-hydrogen) atoms. The Bertz CT molecular complexity index is 292. The largest absolute Gasteiger partial charge is 0.316 e. The highest BCUT2D eigenvalue weighted by atomic mass is 35.5. The molecule has 1 unspecified atom stereocenters. The van der Waals surface area contributed by atoms with Crippen LogP contribution in [0.3, 0.4) is 0 Å². The number of nitrogens with one attached hydrogen (secondary N) is 1. The zero-order valence-electron chi connectivity index (χ0n) is 9.72. The number of piperidine rings is 1. The van der Waals surface area contributed by atoms with E-state index in [1.807, 2.05) is 18.5 Å². The monoisotopic (exact) mass is 241 g/mol. The lowest BCUT2D eigenvalue weighted by Gasteiger charge is -2.32. The molecule has 1 aromatic heterocycles. The summed E-state index contributed by atoms with van der Waals surface area (Å²) in [5.41, 5.74) is 1.31. The van der Waals surface area contributed by atoms with Crippen molar-refractivity contribution in [3.8, 4) is 0 Å². The van der Waals surface area contributed by atoms with E-state index < -0.39 is 0 Å². The third kappa shape index (κ3) is 3.74. The Morgan fingerprint density at radius 1 is 1.56 bits per heavy atom. The van der Waals surface area contributed by atoms with Crippen molar-refractivity contribution in [3.05, 3.63) is 30.1 Å². The van der Waals surface area contributed by atoms with E-state index in [0.29, 0.717) is 6.04 Å². The highest BCUT2D eigenvalue weighted by Gasteiger charge is 2.17. The molecule has 0 aromatic carbocycles. The Morgan fingerprint density at radius 3 is 3.12 bits per heavy atom. The zero-order chi connectivity index (χ0) is 10.5. The van der Waals surface area contributed by atoms with E-state index in [1.54, 1.807) is 0 Å². The van der Waals surface area contributed by atoms with Crippen LogP contribution in [-0.2, 0) is 6.54 Å². The lowest BCUT2D eigenvalue weighted by atomic mass is 10.1. The summed E-state index contributed by atoms with van der Waals surface area (Å²) in [4.78, 5) is 6.65. The van der Waals surface area contributed by atoms with E-state index in [9.17, 15) is 0 Å². The van der Waals surface area contributed by atoms with Gasteiger partial charge < -0.3 is 5.32 Å². The normalized spacial score (nSPS) is 21.4. The van der Waals surface area contributed by atoms with Crippen molar-refractivity contribution < 1.29 is 0 Å². The Labute approximate surface area is 104 Å². The van der Waals surface area contributed by atoms with Gasteiger partial charge in [-0.1, -0.05) is 6.07 Å². The molecule has 0 bridgehead atoms. The first-order chi connectivity index (χ1) is 7.38. The number of hydrogen-bond acceptors (Lipinski definition) is 3. The van der Waals surface area contributed by atoms with Crippen LogP contribution in [0.2, 0.25) is 0 Å². The number of nitrogens with zero attached hydrogens (tertiary/aromatic N) is 2. The predicted octanol–water partition coefficient (Wildman–Crippen LogP) is 1.69. The molecule has 3 nitrogen and oxygen atoms in total. The van der Waals surface area contributed by atoms with Crippen molar-refractivity contribution in [2.75, 3.05) is 20.1 Å². The third-order valence-corrected chi connectivity index (χ3v) is 3.04. The zero-order valence-corrected chi connectivity index (χ0v) is 10.5. The molecule has 0 spiro atoms. The molecule has 0 aliphatic carbocycles. The number of rotatable bonds is 3. The molecule has 1 aromatic rings. The summed E-state index contributed by atoms with van der Waals surface area (Å²) in [5, 5.41) is 3.36. The molecule has 1 aliphatic heterocycles. The summed E-state index contributed by atoms with van der Waals surface area (Å²) < 4.78 is 0. The van der Waals surface area contributed by atoms with Crippen LogP contribution in [0.1, 0.15) is 18.4 Å². The van der Waals surface area contributed by atoms with Gasteiger partial charge in [-0.3, -0.25) is 9.88 Å². The van der Waals surface area contributed by atoms with E-state index in [0.717, 1.165) is 13.1 Å². The van der Waals surface area contributed by atoms with Crippen LogP contribution >= 0.6 is 12.4 Å². The first-order valence-electron chi connectivity index (χ1n) is 5.67. The molecule has 2 heterocycles. The van der Waals surface area contributed by atoms with Gasteiger partial charge in [-0.15, -0.1) is 12.4 Å². The van der Waals surface area contributed by atoms with Crippen molar-refractivity contribution in [1.29, 1.82) is 0 Å². The molecule has 4 heteroatoms. The van der Waals surface area contributed by atoms with Gasteiger partial charge in [0.1, 0.15) is 0 Å². The SMILES string of the molecule is CNC1CCCN(Cc2cccnc2)C1.Cl. The van der Waals surface area contributed by atoms with Crippen LogP contribution in [-0.4, -0.2) is 36.1 Å². The van der Waals surface area contributed by atoms with Gasteiger partial charge in [0.25, 0.3) is 0 Å². The van der Waals surface area contributed by atoms with Crippen LogP contribution in [0.25, 0.3) is 0 Å². The molecule has 1 N–H and O–H groups in total. The van der Waals surface area contributed by atoms with Crippen molar-refractivity contribution in [2.24, 2.45) is 0 Å². The summed E-state index contributed by atoms with van der Waals surface area (Å²) in [6, 6.07) is 4.82. The molecule has 1 fully saturated rings. The second-order valence-electron chi connectivity index (χ2n) is 4.22. The minimum Gasteiger partial charge on any atom is -0.316 e. The molecule has 1 aliphatic rings. The maximum atomic E-state index is 4.15. The standard InChI is InChI=1S/C12H19N3.ClH/c1-13-12-5-3-7-15(10-12)9-11-4-2-6-14-8-11;/h2,4,6,8,12-13H,3,5,7,9-10H2,1H3;1H. The summed E-state index contributed by atoms with van der Waals surface area (Å²) in [5.74, 6) is 0. The first-order valence-corrected chi connectivity index (χ1v) is 5.67. The summed E-state index contributed by atoms with van der Waals surface area (Å²) in [7, 11) is 2.05. The lowest BCUT2D eigenvalue weighted by Crippen LogP contribution is -2.43. The maximum Gasteiger partial charge on any atom is 0.0312 e. The number of pyridine rings is 1. The smallest absolute Gasteiger partial charge is 0.0312 e. The Kier molecular flexibility index (Phi) is 5.74. The molecule has 90 valence electrons. The van der Waals surface area contributed by atoms with Gasteiger partial charge in [-0.05, 0) is 38.1 Å². The van der Waals surface area contributed by atoms with E-state index >= 15 is 0 Å². The molecule has 0 saturated carbocycles. The minimum atomic E-state index is 0. The number of likely N-dealkylation sites (tertiary alicyclic amines) is 1. The molecule has 0 amide bonds. The second-order valence-corrected chi connectivity index (χ2v) is 4.22. The van der Waals surface area contributed by atoms with Gasteiger partial charge in [-0.25, -0.2) is 0 Å². The van der Waals surface area contributed by atoms with Crippen molar-refractivity contribution in [1.82, 2.24) is 15.2 Å². The Hall–Kier alpha value is -0.640. The fourth-order valence-electron chi connectivity index (χ4n) is 2.18. The predicted molar refractivity (Wildman–Crippen MR) is 68.8 cm³/mol. The number of likely N-dealkylation sites (N-methyl/N-ethyl adjacent to an activating group) is 1. The van der Waals surface area contributed by atoms with E-state index in [-0.39, 0.29) is 12.4 Å². The van der Waals surface area contributed by atoms with Crippen molar-refractivity contribution >= 4 is 12.4 Å². The molecule has 0 radical (unpaired) electrons. The van der Waals surface area contributed by atoms with Crippen LogP contribution < -0.4 is 5.32 Å². The summed E-state index contributed by atoms with van der Waals surface area (Å²) in [6.07, 6.45) is 6.39. The molecule has 1 saturated heterocycles. The average Bonchev–Trinajstić information content (AvgIpc) is 2.31. The number of halogens is 1. The van der Waals surface area contributed by atoms with Gasteiger partial charge in [0, 0.05) is 31.5 Å². The topological polar surface area (TPSA) is 28.2 Å². The van der Waals surface area contributed by atoms with E-state index in [1.165, 1.54) is 24.9 Å².